The summed E-state index contributed by atoms with van der Waals surface area (Å²) in [5.74, 6) is 0.794. The highest BCUT2D eigenvalue weighted by Crippen LogP contribution is 2.10. The van der Waals surface area contributed by atoms with Crippen molar-refractivity contribution < 1.29 is 0 Å². The van der Waals surface area contributed by atoms with Crippen molar-refractivity contribution in [3.8, 4) is 5.82 Å². The molecule has 0 atom stereocenters. The highest BCUT2D eigenvalue weighted by molar-refractivity contribution is 6.28. The van der Waals surface area contributed by atoms with Gasteiger partial charge in [-0.05, 0) is 36.7 Å². The lowest BCUT2D eigenvalue weighted by molar-refractivity contribution is 0.945. The highest BCUT2D eigenvalue weighted by atomic mass is 35.5. The van der Waals surface area contributed by atoms with Crippen LogP contribution in [0.1, 0.15) is 5.69 Å². The first-order valence-corrected chi connectivity index (χ1v) is 4.28. The molecule has 0 unspecified atom stereocenters. The van der Waals surface area contributed by atoms with Gasteiger partial charge in [-0.25, -0.2) is 4.98 Å². The normalized spacial score (nSPS) is 10.3. The summed E-state index contributed by atoms with van der Waals surface area (Å²) in [4.78, 5) is 7.91. The van der Waals surface area contributed by atoms with Crippen LogP contribution in [0.15, 0.2) is 30.6 Å². The smallest absolute Gasteiger partial charge is 0.224 e. The Morgan fingerprint density at radius 1 is 1.38 bits per heavy atom. The molecular weight excluding hydrogens is 186 g/mol. The van der Waals surface area contributed by atoms with Gasteiger partial charge in [-0.3, -0.25) is 0 Å². The van der Waals surface area contributed by atoms with Gasteiger partial charge in [0.2, 0.25) is 5.28 Å². The minimum Gasteiger partial charge on any atom is -0.306 e. The van der Waals surface area contributed by atoms with Gasteiger partial charge in [-0.15, -0.1) is 0 Å². The molecule has 0 N–H and O–H groups in total. The summed E-state index contributed by atoms with van der Waals surface area (Å²) in [5.41, 5.74) is 1.12. The first kappa shape index (κ1) is 8.26. The van der Waals surface area contributed by atoms with Crippen LogP contribution in [0.3, 0.4) is 0 Å². The number of hydrogen-bond acceptors (Lipinski definition) is 2. The predicted molar refractivity (Wildman–Crippen MR) is 51.1 cm³/mol. The number of nitrogens with zero attached hydrogens (tertiary/aromatic N) is 3. The quantitative estimate of drug-likeness (QED) is 0.651. The predicted octanol–water partition coefficient (Wildman–Crippen LogP) is 2.23. The summed E-state index contributed by atoms with van der Waals surface area (Å²) in [5, 5.41) is 0.269. The fourth-order valence-electron chi connectivity index (χ4n) is 1.18. The number of aryl methyl sites for hydroxylation is 1. The first-order valence-electron chi connectivity index (χ1n) is 3.90. The fraction of sp³-hybridized carbons (Fsp3) is 0.111. The van der Waals surface area contributed by atoms with Crippen molar-refractivity contribution in [2.24, 2.45) is 0 Å². The van der Waals surface area contributed by atoms with E-state index in [0.29, 0.717) is 0 Å². The van der Waals surface area contributed by atoms with E-state index in [0.717, 1.165) is 11.5 Å². The van der Waals surface area contributed by atoms with E-state index in [1.165, 1.54) is 0 Å². The van der Waals surface area contributed by atoms with Crippen LogP contribution >= 0.6 is 11.6 Å². The van der Waals surface area contributed by atoms with Crippen molar-refractivity contribution in [2.45, 2.75) is 6.92 Å². The van der Waals surface area contributed by atoms with Gasteiger partial charge in [-0.2, -0.15) is 4.98 Å². The molecule has 0 fully saturated rings. The molecule has 2 aromatic rings. The van der Waals surface area contributed by atoms with Gasteiger partial charge in [0.05, 0.1) is 0 Å². The molecule has 3 nitrogen and oxygen atoms in total. The molecule has 0 spiro atoms. The van der Waals surface area contributed by atoms with Crippen molar-refractivity contribution in [1.29, 1.82) is 0 Å². The van der Waals surface area contributed by atoms with Crippen LogP contribution in [0, 0.1) is 6.92 Å². The zero-order valence-corrected chi connectivity index (χ0v) is 7.86. The molecular formula is C9H8ClN3. The van der Waals surface area contributed by atoms with E-state index in [1.54, 1.807) is 6.20 Å². The number of halogens is 1. The molecule has 0 radical (unpaired) electrons. The van der Waals surface area contributed by atoms with Gasteiger partial charge < -0.3 is 4.57 Å². The van der Waals surface area contributed by atoms with Crippen LogP contribution in [0.2, 0.25) is 5.28 Å². The lowest BCUT2D eigenvalue weighted by atomic mass is 10.5. The average molecular weight is 194 g/mol. The third-order valence-corrected chi connectivity index (χ3v) is 1.99. The van der Waals surface area contributed by atoms with Gasteiger partial charge >= 0.3 is 0 Å². The minimum absolute atomic E-state index is 0.269. The molecule has 0 aliphatic carbocycles. The standard InChI is InChI=1S/C9H8ClN3/c1-7-3-2-6-13(7)8-4-5-11-9(10)12-8/h2-6H,1H3. The maximum atomic E-state index is 5.68. The second kappa shape index (κ2) is 3.18. The molecule has 0 bridgehead atoms. The zero-order chi connectivity index (χ0) is 9.26. The Morgan fingerprint density at radius 3 is 2.85 bits per heavy atom. The van der Waals surface area contributed by atoms with Gasteiger partial charge in [0.1, 0.15) is 5.82 Å². The van der Waals surface area contributed by atoms with Crippen molar-refractivity contribution >= 4 is 11.6 Å². The largest absolute Gasteiger partial charge is 0.306 e. The molecule has 2 aromatic heterocycles. The molecule has 66 valence electrons. The molecule has 0 aliphatic heterocycles. The Bertz CT molecular complexity index is 422. The topological polar surface area (TPSA) is 30.7 Å². The van der Waals surface area contributed by atoms with Gasteiger partial charge in [-0.1, -0.05) is 0 Å². The first-order chi connectivity index (χ1) is 6.27. The average Bonchev–Trinajstić information content (AvgIpc) is 2.51. The van der Waals surface area contributed by atoms with E-state index in [-0.39, 0.29) is 5.28 Å². The fourth-order valence-corrected chi connectivity index (χ4v) is 1.33. The molecule has 0 saturated heterocycles. The molecule has 4 heteroatoms. The summed E-state index contributed by atoms with van der Waals surface area (Å²) in [6.45, 7) is 2.01. The van der Waals surface area contributed by atoms with E-state index in [9.17, 15) is 0 Å². The lowest BCUT2D eigenvalue weighted by Gasteiger charge is -2.03. The number of aromatic nitrogens is 3. The molecule has 0 saturated carbocycles. The van der Waals surface area contributed by atoms with Crippen LogP contribution in [-0.2, 0) is 0 Å². The van der Waals surface area contributed by atoms with E-state index in [4.69, 9.17) is 11.6 Å². The SMILES string of the molecule is Cc1cccn1-c1ccnc(Cl)n1. The Balaban J connectivity index is 2.53. The van der Waals surface area contributed by atoms with Crippen molar-refractivity contribution in [3.63, 3.8) is 0 Å². The van der Waals surface area contributed by atoms with E-state index in [2.05, 4.69) is 9.97 Å². The van der Waals surface area contributed by atoms with Crippen molar-refractivity contribution in [1.82, 2.24) is 14.5 Å². The van der Waals surface area contributed by atoms with Gasteiger partial charge in [0, 0.05) is 18.1 Å². The van der Waals surface area contributed by atoms with Crippen LogP contribution in [0.4, 0.5) is 0 Å². The lowest BCUT2D eigenvalue weighted by Crippen LogP contribution is -1.98. The van der Waals surface area contributed by atoms with E-state index >= 15 is 0 Å². The summed E-state index contributed by atoms with van der Waals surface area (Å²) >= 11 is 5.68. The van der Waals surface area contributed by atoms with Crippen molar-refractivity contribution in [3.05, 3.63) is 41.6 Å². The maximum absolute atomic E-state index is 5.68. The van der Waals surface area contributed by atoms with Crippen LogP contribution < -0.4 is 0 Å². The Hall–Kier alpha value is -1.35. The number of rotatable bonds is 1. The van der Waals surface area contributed by atoms with Crippen molar-refractivity contribution in [2.75, 3.05) is 0 Å². The molecule has 0 aromatic carbocycles. The maximum Gasteiger partial charge on any atom is 0.224 e. The second-order valence-corrected chi connectivity index (χ2v) is 3.04. The summed E-state index contributed by atoms with van der Waals surface area (Å²) in [6, 6.07) is 5.79. The van der Waals surface area contributed by atoms with E-state index < -0.39 is 0 Å². The Kier molecular flexibility index (Phi) is 2.02. The molecule has 0 amide bonds. The third kappa shape index (κ3) is 1.55. The van der Waals surface area contributed by atoms with Gasteiger partial charge in [0.25, 0.3) is 0 Å². The van der Waals surface area contributed by atoms with Gasteiger partial charge in [0.15, 0.2) is 0 Å². The number of hydrogen-bond donors (Lipinski definition) is 0. The van der Waals surface area contributed by atoms with E-state index in [1.807, 2.05) is 35.9 Å². The Labute approximate surface area is 81.0 Å². The minimum atomic E-state index is 0.269. The van der Waals surface area contributed by atoms with Crippen LogP contribution in [-0.4, -0.2) is 14.5 Å². The highest BCUT2D eigenvalue weighted by Gasteiger charge is 2.00. The Morgan fingerprint density at radius 2 is 2.23 bits per heavy atom. The summed E-state index contributed by atoms with van der Waals surface area (Å²) in [6.07, 6.45) is 3.58. The molecule has 13 heavy (non-hydrogen) atoms. The molecule has 2 heterocycles. The van der Waals surface area contributed by atoms with Crippen LogP contribution in [0.25, 0.3) is 5.82 Å². The second-order valence-electron chi connectivity index (χ2n) is 2.70. The van der Waals surface area contributed by atoms with Crippen LogP contribution in [0.5, 0.6) is 0 Å². The third-order valence-electron chi connectivity index (χ3n) is 1.81. The molecule has 2 rings (SSSR count). The monoisotopic (exact) mass is 193 g/mol. The summed E-state index contributed by atoms with van der Waals surface area (Å²) < 4.78 is 1.95. The molecule has 0 aliphatic rings. The zero-order valence-electron chi connectivity index (χ0n) is 7.11. The summed E-state index contributed by atoms with van der Waals surface area (Å²) in [7, 11) is 0.